The summed E-state index contributed by atoms with van der Waals surface area (Å²) in [6, 6.07) is 6.78. The Morgan fingerprint density at radius 3 is 2.72 bits per heavy atom. The molecule has 1 aromatic heterocycles. The van der Waals surface area contributed by atoms with Crippen LogP contribution in [0.2, 0.25) is 0 Å². The molecule has 96 valence electrons. The lowest BCUT2D eigenvalue weighted by Crippen LogP contribution is -2.18. The lowest BCUT2D eigenvalue weighted by atomic mass is 10.0. The van der Waals surface area contributed by atoms with Crippen LogP contribution in [0.5, 0.6) is 0 Å². The molecular weight excluding hydrogens is 240 g/mol. The summed E-state index contributed by atoms with van der Waals surface area (Å²) < 4.78 is 0. The molecule has 1 heterocycles. The number of rotatable bonds is 4. The summed E-state index contributed by atoms with van der Waals surface area (Å²) in [5.41, 5.74) is 4.11. The molecule has 0 amide bonds. The van der Waals surface area contributed by atoms with Crippen molar-refractivity contribution in [3.05, 3.63) is 51.0 Å². The van der Waals surface area contributed by atoms with E-state index in [1.54, 1.807) is 11.3 Å². The molecule has 18 heavy (non-hydrogen) atoms. The third-order valence-electron chi connectivity index (χ3n) is 3.33. The number of hydrogen-bond acceptors (Lipinski definition) is 3. The van der Waals surface area contributed by atoms with Crippen molar-refractivity contribution in [2.45, 2.75) is 40.3 Å². The van der Waals surface area contributed by atoms with E-state index in [0.29, 0.717) is 6.04 Å². The van der Waals surface area contributed by atoms with Crippen LogP contribution in [-0.4, -0.2) is 4.98 Å². The van der Waals surface area contributed by atoms with E-state index in [4.69, 9.17) is 0 Å². The molecular formula is C15H20N2S. The maximum absolute atomic E-state index is 4.42. The molecule has 0 saturated carbocycles. The van der Waals surface area contributed by atoms with E-state index >= 15 is 0 Å². The fourth-order valence-corrected chi connectivity index (χ4v) is 2.73. The van der Waals surface area contributed by atoms with Gasteiger partial charge in [-0.05, 0) is 44.4 Å². The van der Waals surface area contributed by atoms with Crippen LogP contribution < -0.4 is 5.32 Å². The first-order chi connectivity index (χ1) is 8.58. The van der Waals surface area contributed by atoms with Crippen molar-refractivity contribution >= 4 is 11.3 Å². The molecule has 0 aliphatic carbocycles. The van der Waals surface area contributed by atoms with Crippen molar-refractivity contribution in [3.63, 3.8) is 0 Å². The maximum Gasteiger partial charge on any atom is 0.109 e. The van der Waals surface area contributed by atoms with E-state index in [1.165, 1.54) is 21.6 Å². The van der Waals surface area contributed by atoms with E-state index in [1.807, 2.05) is 6.20 Å². The molecule has 1 N–H and O–H groups in total. The van der Waals surface area contributed by atoms with Gasteiger partial charge in [-0.2, -0.15) is 0 Å². The van der Waals surface area contributed by atoms with Crippen LogP contribution in [0.25, 0.3) is 0 Å². The van der Waals surface area contributed by atoms with Crippen molar-refractivity contribution < 1.29 is 0 Å². The molecule has 0 bridgehead atoms. The second-order valence-electron chi connectivity index (χ2n) is 4.77. The lowest BCUT2D eigenvalue weighted by molar-refractivity contribution is 0.570. The molecule has 2 nitrogen and oxygen atoms in total. The van der Waals surface area contributed by atoms with Crippen LogP contribution in [0.4, 0.5) is 0 Å². The minimum atomic E-state index is 0.309. The number of thiazole rings is 1. The maximum atomic E-state index is 4.42. The predicted molar refractivity (Wildman–Crippen MR) is 78.0 cm³/mol. The molecule has 0 fully saturated rings. The molecule has 0 aliphatic heterocycles. The van der Waals surface area contributed by atoms with Crippen LogP contribution in [0.1, 0.15) is 39.5 Å². The molecule has 1 unspecified atom stereocenters. The highest BCUT2D eigenvalue weighted by Crippen LogP contribution is 2.20. The fourth-order valence-electron chi connectivity index (χ4n) is 1.93. The van der Waals surface area contributed by atoms with Gasteiger partial charge in [-0.1, -0.05) is 18.2 Å². The van der Waals surface area contributed by atoms with Gasteiger partial charge >= 0.3 is 0 Å². The van der Waals surface area contributed by atoms with Crippen LogP contribution in [0, 0.1) is 20.8 Å². The van der Waals surface area contributed by atoms with Gasteiger partial charge in [0.15, 0.2) is 0 Å². The molecule has 0 spiro atoms. The Hall–Kier alpha value is -1.19. The van der Waals surface area contributed by atoms with Crippen LogP contribution in [0.3, 0.4) is 0 Å². The first-order valence-electron chi connectivity index (χ1n) is 6.28. The third kappa shape index (κ3) is 2.98. The zero-order valence-electron chi connectivity index (χ0n) is 11.4. The summed E-state index contributed by atoms with van der Waals surface area (Å²) in [7, 11) is 0. The topological polar surface area (TPSA) is 24.9 Å². The normalized spacial score (nSPS) is 12.7. The quantitative estimate of drug-likeness (QED) is 0.901. The van der Waals surface area contributed by atoms with Crippen molar-refractivity contribution in [1.82, 2.24) is 10.3 Å². The molecule has 2 aromatic rings. The Bertz CT molecular complexity index is 531. The monoisotopic (exact) mass is 260 g/mol. The number of nitrogens with one attached hydrogen (secondary N) is 1. The Morgan fingerprint density at radius 2 is 2.06 bits per heavy atom. The van der Waals surface area contributed by atoms with E-state index in [-0.39, 0.29) is 0 Å². The van der Waals surface area contributed by atoms with Gasteiger partial charge < -0.3 is 5.32 Å². The molecule has 1 aromatic carbocycles. The van der Waals surface area contributed by atoms with E-state index < -0.39 is 0 Å². The molecule has 0 radical (unpaired) electrons. The van der Waals surface area contributed by atoms with E-state index in [9.17, 15) is 0 Å². The van der Waals surface area contributed by atoms with Crippen LogP contribution in [-0.2, 0) is 6.54 Å². The van der Waals surface area contributed by atoms with Crippen LogP contribution in [0.15, 0.2) is 24.4 Å². The summed E-state index contributed by atoms with van der Waals surface area (Å²) in [6.45, 7) is 9.51. The smallest absolute Gasteiger partial charge is 0.109 e. The average molecular weight is 260 g/mol. The molecule has 2 rings (SSSR count). The number of aryl methyl sites for hydroxylation is 2. The SMILES string of the molecule is Cc1cnc(C(C)NCc2cccc(C)c2C)s1. The highest BCUT2D eigenvalue weighted by molar-refractivity contribution is 7.11. The van der Waals surface area contributed by atoms with Gasteiger partial charge in [-0.15, -0.1) is 11.3 Å². The first-order valence-corrected chi connectivity index (χ1v) is 7.10. The minimum Gasteiger partial charge on any atom is -0.304 e. The Morgan fingerprint density at radius 1 is 1.28 bits per heavy atom. The lowest BCUT2D eigenvalue weighted by Gasteiger charge is -2.13. The first kappa shape index (κ1) is 13.2. The molecule has 0 saturated heterocycles. The highest BCUT2D eigenvalue weighted by atomic mass is 32.1. The van der Waals surface area contributed by atoms with Gasteiger partial charge in [0.05, 0.1) is 6.04 Å². The second kappa shape index (κ2) is 5.63. The zero-order valence-corrected chi connectivity index (χ0v) is 12.3. The van der Waals surface area contributed by atoms with Crippen molar-refractivity contribution in [2.24, 2.45) is 0 Å². The fraction of sp³-hybridized carbons (Fsp3) is 0.400. The summed E-state index contributed by atoms with van der Waals surface area (Å²) in [6.07, 6.45) is 1.94. The van der Waals surface area contributed by atoms with Gasteiger partial charge in [0, 0.05) is 17.6 Å². The molecule has 1 atom stereocenters. The van der Waals surface area contributed by atoms with Gasteiger partial charge in [0.1, 0.15) is 5.01 Å². The number of benzene rings is 1. The Labute approximate surface area is 113 Å². The summed E-state index contributed by atoms with van der Waals surface area (Å²) in [4.78, 5) is 5.69. The third-order valence-corrected chi connectivity index (χ3v) is 4.42. The number of hydrogen-bond donors (Lipinski definition) is 1. The minimum absolute atomic E-state index is 0.309. The largest absolute Gasteiger partial charge is 0.304 e. The van der Waals surface area contributed by atoms with E-state index in [0.717, 1.165) is 11.6 Å². The second-order valence-corrected chi connectivity index (χ2v) is 6.04. The van der Waals surface area contributed by atoms with Crippen molar-refractivity contribution in [1.29, 1.82) is 0 Å². The molecule has 0 aliphatic rings. The number of nitrogens with zero attached hydrogens (tertiary/aromatic N) is 1. The summed E-state index contributed by atoms with van der Waals surface area (Å²) >= 11 is 1.76. The van der Waals surface area contributed by atoms with E-state index in [2.05, 4.69) is 56.2 Å². The molecule has 3 heteroatoms. The summed E-state index contributed by atoms with van der Waals surface area (Å²) in [5.74, 6) is 0. The van der Waals surface area contributed by atoms with Crippen molar-refractivity contribution in [2.75, 3.05) is 0 Å². The zero-order chi connectivity index (χ0) is 13.1. The standard InChI is InChI=1S/C15H20N2S/c1-10-6-5-7-14(12(10)3)9-16-13(4)15-17-8-11(2)18-15/h5-8,13,16H,9H2,1-4H3. The van der Waals surface area contributed by atoms with Gasteiger partial charge in [0.25, 0.3) is 0 Å². The average Bonchev–Trinajstić information content (AvgIpc) is 2.77. The Balaban J connectivity index is 2.01. The predicted octanol–water partition coefficient (Wildman–Crippen LogP) is 3.92. The summed E-state index contributed by atoms with van der Waals surface area (Å²) in [5, 5.41) is 4.71. The van der Waals surface area contributed by atoms with Gasteiger partial charge in [-0.25, -0.2) is 4.98 Å². The Kier molecular flexibility index (Phi) is 4.15. The highest BCUT2D eigenvalue weighted by Gasteiger charge is 2.09. The van der Waals surface area contributed by atoms with Gasteiger partial charge in [0.2, 0.25) is 0 Å². The van der Waals surface area contributed by atoms with Crippen molar-refractivity contribution in [3.8, 4) is 0 Å². The van der Waals surface area contributed by atoms with Crippen LogP contribution >= 0.6 is 11.3 Å². The number of aromatic nitrogens is 1. The van der Waals surface area contributed by atoms with Gasteiger partial charge in [-0.3, -0.25) is 0 Å².